The predicted molar refractivity (Wildman–Crippen MR) is 78.9 cm³/mol. The maximum Gasteiger partial charge on any atom is 0.222 e. The molecule has 1 fully saturated rings. The molecule has 3 nitrogen and oxygen atoms in total. The van der Waals surface area contributed by atoms with Crippen LogP contribution in [0.4, 0.5) is 0 Å². The fourth-order valence-electron chi connectivity index (χ4n) is 2.23. The molecule has 0 aromatic carbocycles. The standard InChI is InChI=1S/C12H15NO2S3/c1-16-17-11(14)12(6-2-3-8-18(12)15)10-5-4-7-13-9-10/h4-5,7,9H,2-3,6,8H2,1H3/t12-,18?/m0/s1. The number of aromatic nitrogens is 1. The van der Waals surface area contributed by atoms with Crippen LogP contribution in [0.25, 0.3) is 0 Å². The van der Waals surface area contributed by atoms with Gasteiger partial charge in [0.05, 0.1) is 0 Å². The van der Waals surface area contributed by atoms with E-state index in [1.807, 2.05) is 12.3 Å². The van der Waals surface area contributed by atoms with Gasteiger partial charge < -0.3 is 0 Å². The number of hydrogen-bond donors (Lipinski definition) is 0. The molecule has 2 rings (SSSR count). The Kier molecular flexibility index (Phi) is 4.86. The van der Waals surface area contributed by atoms with E-state index in [0.717, 1.165) is 18.4 Å². The summed E-state index contributed by atoms with van der Waals surface area (Å²) >= 11 is 0. The second-order valence-corrected chi connectivity index (χ2v) is 8.28. The van der Waals surface area contributed by atoms with Gasteiger partial charge in [-0.15, -0.1) is 0 Å². The first kappa shape index (κ1) is 14.1. The first-order valence-corrected chi connectivity index (χ1v) is 9.63. The van der Waals surface area contributed by atoms with E-state index in [-0.39, 0.29) is 5.12 Å². The van der Waals surface area contributed by atoms with Crippen LogP contribution in [0.15, 0.2) is 24.5 Å². The number of hydrogen-bond acceptors (Lipinski definition) is 5. The minimum atomic E-state index is -1.14. The van der Waals surface area contributed by atoms with Crippen molar-refractivity contribution in [3.63, 3.8) is 0 Å². The van der Waals surface area contributed by atoms with Gasteiger partial charge in [-0.2, -0.15) is 0 Å². The molecule has 1 saturated heterocycles. The normalized spacial score (nSPS) is 27.9. The van der Waals surface area contributed by atoms with E-state index in [4.69, 9.17) is 0 Å². The molecule has 1 aliphatic heterocycles. The zero-order chi connectivity index (χ0) is 13.0. The highest BCUT2D eigenvalue weighted by Gasteiger charge is 2.47. The van der Waals surface area contributed by atoms with Crippen molar-refractivity contribution in [2.24, 2.45) is 0 Å². The van der Waals surface area contributed by atoms with E-state index in [1.165, 1.54) is 21.6 Å². The molecule has 0 spiro atoms. The summed E-state index contributed by atoms with van der Waals surface area (Å²) in [5.41, 5.74) is 0.801. The molecule has 1 unspecified atom stereocenters. The van der Waals surface area contributed by atoms with Gasteiger partial charge in [0, 0.05) is 28.9 Å². The Morgan fingerprint density at radius 1 is 1.50 bits per heavy atom. The van der Waals surface area contributed by atoms with E-state index in [1.54, 1.807) is 18.5 Å². The molecule has 1 aliphatic rings. The quantitative estimate of drug-likeness (QED) is 0.803. The Hall–Kier alpha value is -0.330. The lowest BCUT2D eigenvalue weighted by Gasteiger charge is -2.34. The van der Waals surface area contributed by atoms with Crippen molar-refractivity contribution >= 4 is 37.5 Å². The van der Waals surface area contributed by atoms with Crippen LogP contribution in [0.5, 0.6) is 0 Å². The Bertz CT molecular complexity index is 452. The van der Waals surface area contributed by atoms with Gasteiger partial charge in [0.15, 0.2) is 0 Å². The summed E-state index contributed by atoms with van der Waals surface area (Å²) in [6.07, 6.45) is 7.77. The van der Waals surface area contributed by atoms with Gasteiger partial charge in [-0.1, -0.05) is 23.3 Å². The van der Waals surface area contributed by atoms with E-state index >= 15 is 0 Å². The second kappa shape index (κ2) is 6.21. The van der Waals surface area contributed by atoms with Gasteiger partial charge in [-0.25, -0.2) is 0 Å². The third-order valence-corrected chi connectivity index (χ3v) is 6.93. The fraction of sp³-hybridized carbons (Fsp3) is 0.500. The summed E-state index contributed by atoms with van der Waals surface area (Å²) in [4.78, 5) is 16.5. The highest BCUT2D eigenvalue weighted by atomic mass is 33.1. The lowest BCUT2D eigenvalue weighted by Crippen LogP contribution is -2.42. The van der Waals surface area contributed by atoms with Crippen molar-refractivity contribution in [1.29, 1.82) is 0 Å². The summed E-state index contributed by atoms with van der Waals surface area (Å²) in [7, 11) is 1.46. The number of pyridine rings is 1. The Morgan fingerprint density at radius 3 is 2.94 bits per heavy atom. The van der Waals surface area contributed by atoms with Crippen LogP contribution >= 0.6 is 21.6 Å². The molecule has 1 aromatic heterocycles. The summed E-state index contributed by atoms with van der Waals surface area (Å²) in [6.45, 7) is 0. The molecule has 0 saturated carbocycles. The van der Waals surface area contributed by atoms with E-state index in [0.29, 0.717) is 12.2 Å². The van der Waals surface area contributed by atoms with Gasteiger partial charge in [-0.05, 0) is 41.5 Å². The lowest BCUT2D eigenvalue weighted by atomic mass is 9.94. The average molecular weight is 301 g/mol. The van der Waals surface area contributed by atoms with E-state index in [9.17, 15) is 9.00 Å². The van der Waals surface area contributed by atoms with Crippen molar-refractivity contribution in [3.05, 3.63) is 30.1 Å². The summed E-state index contributed by atoms with van der Waals surface area (Å²) in [6, 6.07) is 3.68. The molecular formula is C12H15NO2S3. The van der Waals surface area contributed by atoms with Crippen LogP contribution in [0, 0.1) is 0 Å². The highest BCUT2D eigenvalue weighted by molar-refractivity contribution is 8.82. The molecule has 6 heteroatoms. The van der Waals surface area contributed by atoms with Crippen molar-refractivity contribution < 1.29 is 9.00 Å². The van der Waals surface area contributed by atoms with Crippen LogP contribution in [0.2, 0.25) is 0 Å². The fourth-order valence-corrected chi connectivity index (χ4v) is 5.93. The number of rotatable bonds is 3. The van der Waals surface area contributed by atoms with Gasteiger partial charge in [0.1, 0.15) is 4.75 Å². The molecule has 0 radical (unpaired) electrons. The SMILES string of the molecule is CSSC(=O)[C@@]1(c2cccnc2)CCCCS1=O. The monoisotopic (exact) mass is 301 g/mol. The Labute approximate surface area is 117 Å². The van der Waals surface area contributed by atoms with Crippen LogP contribution in [0.3, 0.4) is 0 Å². The zero-order valence-corrected chi connectivity index (χ0v) is 12.6. The Balaban J connectivity index is 2.45. The molecule has 2 heterocycles. The second-order valence-electron chi connectivity index (χ2n) is 4.11. The van der Waals surface area contributed by atoms with Crippen molar-refractivity contribution in [3.8, 4) is 0 Å². The van der Waals surface area contributed by atoms with Crippen molar-refractivity contribution in [2.45, 2.75) is 24.0 Å². The maximum atomic E-state index is 12.5. The largest absolute Gasteiger partial charge is 0.284 e. The molecule has 98 valence electrons. The number of nitrogens with zero attached hydrogens (tertiary/aromatic N) is 1. The zero-order valence-electron chi connectivity index (χ0n) is 10.1. The first-order valence-electron chi connectivity index (χ1n) is 5.76. The van der Waals surface area contributed by atoms with Gasteiger partial charge in [-0.3, -0.25) is 14.0 Å². The van der Waals surface area contributed by atoms with Crippen LogP contribution in [0.1, 0.15) is 24.8 Å². The molecular weight excluding hydrogens is 286 g/mol. The van der Waals surface area contributed by atoms with E-state index in [2.05, 4.69) is 4.98 Å². The summed E-state index contributed by atoms with van der Waals surface area (Å²) in [5, 5.41) is 0.000957. The molecule has 0 aliphatic carbocycles. The van der Waals surface area contributed by atoms with Gasteiger partial charge >= 0.3 is 0 Å². The molecule has 2 atom stereocenters. The molecule has 0 bridgehead atoms. The third-order valence-electron chi connectivity index (χ3n) is 3.11. The molecule has 1 aromatic rings. The smallest absolute Gasteiger partial charge is 0.222 e. The first-order chi connectivity index (χ1) is 8.71. The summed E-state index contributed by atoms with van der Waals surface area (Å²) < 4.78 is 11.6. The van der Waals surface area contributed by atoms with Gasteiger partial charge in [0.2, 0.25) is 5.12 Å². The highest BCUT2D eigenvalue weighted by Crippen LogP contribution is 2.43. The molecule has 18 heavy (non-hydrogen) atoms. The van der Waals surface area contributed by atoms with Crippen LogP contribution in [-0.2, 0) is 20.3 Å². The molecule has 0 N–H and O–H groups in total. The van der Waals surface area contributed by atoms with Crippen LogP contribution < -0.4 is 0 Å². The predicted octanol–water partition coefficient (Wildman–Crippen LogP) is 2.75. The van der Waals surface area contributed by atoms with Crippen molar-refractivity contribution in [2.75, 3.05) is 12.0 Å². The van der Waals surface area contributed by atoms with Crippen molar-refractivity contribution in [1.82, 2.24) is 4.98 Å². The third kappa shape index (κ3) is 2.51. The van der Waals surface area contributed by atoms with Gasteiger partial charge in [0.25, 0.3) is 0 Å². The molecule has 0 amide bonds. The Morgan fingerprint density at radius 2 is 2.33 bits per heavy atom. The average Bonchev–Trinajstić information content (AvgIpc) is 2.41. The van der Waals surface area contributed by atoms with E-state index < -0.39 is 15.5 Å². The summed E-state index contributed by atoms with van der Waals surface area (Å²) in [5.74, 6) is 0.607. The maximum absolute atomic E-state index is 12.5. The lowest BCUT2D eigenvalue weighted by molar-refractivity contribution is -0.113. The number of carbonyl (C=O) groups excluding carboxylic acids is 1. The van der Waals surface area contributed by atoms with Crippen LogP contribution in [-0.4, -0.2) is 26.3 Å². The topological polar surface area (TPSA) is 47.0 Å². The number of carbonyl (C=O) groups is 1. The minimum Gasteiger partial charge on any atom is -0.284 e. The minimum absolute atomic E-state index is 0.000957.